The van der Waals surface area contributed by atoms with E-state index in [1.807, 2.05) is 11.6 Å². The van der Waals surface area contributed by atoms with Gasteiger partial charge in [-0.05, 0) is 27.2 Å². The molecule has 3 heterocycles. The zero-order valence-electron chi connectivity index (χ0n) is 12.3. The first-order valence-corrected chi connectivity index (χ1v) is 7.82. The fourth-order valence-corrected chi connectivity index (χ4v) is 3.29. The Morgan fingerprint density at radius 1 is 1.45 bits per heavy atom. The highest BCUT2D eigenvalue weighted by molar-refractivity contribution is 6.17. The Morgan fingerprint density at radius 2 is 2.25 bits per heavy atom. The number of fused-ring (bicyclic) bond motifs is 1. The summed E-state index contributed by atoms with van der Waals surface area (Å²) in [5, 5.41) is 4.59. The Labute approximate surface area is 123 Å². The van der Waals surface area contributed by atoms with Crippen LogP contribution in [-0.2, 0) is 17.7 Å². The van der Waals surface area contributed by atoms with Crippen LogP contribution in [0.4, 0.5) is 0 Å². The molecule has 1 fully saturated rings. The van der Waals surface area contributed by atoms with Crippen LogP contribution in [0.15, 0.2) is 0 Å². The molecule has 5 nitrogen and oxygen atoms in total. The Morgan fingerprint density at radius 3 is 2.85 bits per heavy atom. The molecule has 0 spiro atoms. The number of hydrogen-bond donors (Lipinski definition) is 0. The number of rotatable bonds is 4. The predicted octanol–water partition coefficient (Wildman–Crippen LogP) is 2.69. The van der Waals surface area contributed by atoms with E-state index in [-0.39, 0.29) is 6.10 Å². The van der Waals surface area contributed by atoms with Gasteiger partial charge in [0.25, 0.3) is 0 Å². The number of hydrogen-bond acceptors (Lipinski definition) is 3. The second-order valence-corrected chi connectivity index (χ2v) is 5.72. The van der Waals surface area contributed by atoms with Gasteiger partial charge in [-0.1, -0.05) is 0 Å². The Balaban J connectivity index is 2.21. The number of nitrogens with zero attached hydrogens (tertiary/aromatic N) is 4. The molecule has 6 heteroatoms. The first-order valence-electron chi connectivity index (χ1n) is 7.29. The average molecular weight is 297 g/mol. The molecule has 0 bridgehead atoms. The molecule has 0 radical (unpaired) electrons. The topological polar surface area (TPSA) is 44.9 Å². The van der Waals surface area contributed by atoms with Crippen molar-refractivity contribution in [2.45, 2.75) is 52.3 Å². The van der Waals surface area contributed by atoms with Gasteiger partial charge in [0.1, 0.15) is 11.3 Å². The maximum absolute atomic E-state index is 5.95. The minimum absolute atomic E-state index is 0.210. The van der Waals surface area contributed by atoms with E-state index in [0.29, 0.717) is 11.9 Å². The molecule has 3 rings (SSSR count). The molecule has 0 N–H and O–H groups in total. The molecule has 1 aliphatic rings. The third-order valence-electron chi connectivity index (χ3n) is 4.10. The minimum atomic E-state index is 0.210. The number of alkyl halides is 1. The van der Waals surface area contributed by atoms with E-state index in [1.165, 1.54) is 0 Å². The van der Waals surface area contributed by atoms with Crippen LogP contribution in [-0.4, -0.2) is 37.9 Å². The monoisotopic (exact) mass is 296 g/mol. The Hall–Kier alpha value is -1.07. The number of aromatic nitrogens is 4. The summed E-state index contributed by atoms with van der Waals surface area (Å²) in [6, 6.07) is 0.333. The van der Waals surface area contributed by atoms with E-state index in [1.54, 1.807) is 0 Å². The van der Waals surface area contributed by atoms with E-state index in [4.69, 9.17) is 21.3 Å². The van der Waals surface area contributed by atoms with Crippen LogP contribution >= 0.6 is 11.6 Å². The zero-order valence-corrected chi connectivity index (χ0v) is 13.0. The van der Waals surface area contributed by atoms with Gasteiger partial charge < -0.3 is 9.30 Å². The average Bonchev–Trinajstić information content (AvgIpc) is 3.07. The van der Waals surface area contributed by atoms with Gasteiger partial charge in [-0.2, -0.15) is 5.10 Å². The molecular weight excluding hydrogens is 276 g/mol. The van der Waals surface area contributed by atoms with Crippen molar-refractivity contribution in [3.8, 4) is 0 Å². The van der Waals surface area contributed by atoms with Crippen molar-refractivity contribution in [1.29, 1.82) is 0 Å². The molecule has 2 aromatic rings. The summed E-state index contributed by atoms with van der Waals surface area (Å²) in [4.78, 5) is 4.79. The van der Waals surface area contributed by atoms with Crippen molar-refractivity contribution in [2.24, 2.45) is 0 Å². The van der Waals surface area contributed by atoms with E-state index >= 15 is 0 Å². The van der Waals surface area contributed by atoms with Crippen molar-refractivity contribution in [2.75, 3.05) is 12.5 Å². The lowest BCUT2D eigenvalue weighted by Gasteiger charge is -2.20. The van der Waals surface area contributed by atoms with Gasteiger partial charge >= 0.3 is 0 Å². The maximum Gasteiger partial charge on any atom is 0.159 e. The van der Waals surface area contributed by atoms with E-state index < -0.39 is 0 Å². The molecule has 1 aliphatic heterocycles. The van der Waals surface area contributed by atoms with Crippen LogP contribution in [0.3, 0.4) is 0 Å². The third kappa shape index (κ3) is 2.04. The molecule has 2 unspecified atom stereocenters. The highest BCUT2D eigenvalue weighted by Crippen LogP contribution is 2.32. The third-order valence-corrected chi connectivity index (χ3v) is 4.29. The normalized spacial score (nSPS) is 23.0. The van der Waals surface area contributed by atoms with Gasteiger partial charge in [-0.3, -0.25) is 0 Å². The Kier molecular flexibility index (Phi) is 3.73. The van der Waals surface area contributed by atoms with Gasteiger partial charge in [-0.15, -0.1) is 11.6 Å². The lowest BCUT2D eigenvalue weighted by atomic mass is 10.1. The minimum Gasteiger partial charge on any atom is -0.376 e. The van der Waals surface area contributed by atoms with Crippen LogP contribution in [0.2, 0.25) is 0 Å². The van der Waals surface area contributed by atoms with E-state index in [0.717, 1.165) is 48.7 Å². The van der Waals surface area contributed by atoms with Crippen molar-refractivity contribution in [1.82, 2.24) is 19.3 Å². The van der Waals surface area contributed by atoms with Gasteiger partial charge in [0.2, 0.25) is 0 Å². The van der Waals surface area contributed by atoms with Crippen LogP contribution < -0.4 is 0 Å². The van der Waals surface area contributed by atoms with Gasteiger partial charge in [0.15, 0.2) is 5.65 Å². The molecule has 110 valence electrons. The highest BCUT2D eigenvalue weighted by atomic mass is 35.5. The smallest absolute Gasteiger partial charge is 0.159 e. The number of aryl methyl sites for hydroxylation is 3. The fourth-order valence-electron chi connectivity index (χ4n) is 3.12. The summed E-state index contributed by atoms with van der Waals surface area (Å²) >= 11 is 5.95. The van der Waals surface area contributed by atoms with Crippen molar-refractivity contribution >= 4 is 22.8 Å². The maximum atomic E-state index is 5.95. The molecule has 0 saturated carbocycles. The number of ether oxygens (including phenoxy) is 1. The van der Waals surface area contributed by atoms with Crippen LogP contribution in [0.1, 0.15) is 37.8 Å². The van der Waals surface area contributed by atoms with Crippen LogP contribution in [0.25, 0.3) is 11.2 Å². The van der Waals surface area contributed by atoms with Crippen molar-refractivity contribution < 1.29 is 4.74 Å². The summed E-state index contributed by atoms with van der Waals surface area (Å²) in [5.41, 5.74) is 3.11. The first-order chi connectivity index (χ1) is 9.67. The summed E-state index contributed by atoms with van der Waals surface area (Å²) in [5.74, 6) is 1.64. The molecule has 0 amide bonds. The molecule has 2 atom stereocenters. The second kappa shape index (κ2) is 5.37. The second-order valence-electron chi connectivity index (χ2n) is 5.34. The fraction of sp³-hybridized carbons (Fsp3) is 0.714. The first kappa shape index (κ1) is 13.9. The van der Waals surface area contributed by atoms with E-state index in [2.05, 4.69) is 23.5 Å². The number of imidazole rings is 1. The summed E-state index contributed by atoms with van der Waals surface area (Å²) in [7, 11) is 0. The predicted molar refractivity (Wildman–Crippen MR) is 79.4 cm³/mol. The number of halogens is 1. The van der Waals surface area contributed by atoms with Crippen molar-refractivity contribution in [3.63, 3.8) is 0 Å². The molecule has 2 aromatic heterocycles. The SMILES string of the molecule is CCn1nc(C)c2nc(CCCl)n(C3CCOC3C)c21. The van der Waals surface area contributed by atoms with Gasteiger partial charge in [0, 0.05) is 25.5 Å². The Bertz CT molecular complexity index is 618. The lowest BCUT2D eigenvalue weighted by Crippen LogP contribution is -2.21. The van der Waals surface area contributed by atoms with Crippen LogP contribution in [0.5, 0.6) is 0 Å². The molecule has 20 heavy (non-hydrogen) atoms. The molecule has 0 aromatic carbocycles. The lowest BCUT2D eigenvalue weighted by molar-refractivity contribution is 0.107. The summed E-state index contributed by atoms with van der Waals surface area (Å²) in [6.45, 7) is 7.92. The van der Waals surface area contributed by atoms with E-state index in [9.17, 15) is 0 Å². The largest absolute Gasteiger partial charge is 0.376 e. The molecule has 1 saturated heterocycles. The quantitative estimate of drug-likeness (QED) is 0.815. The molecular formula is C14H21ClN4O. The van der Waals surface area contributed by atoms with Crippen LogP contribution in [0, 0.1) is 6.92 Å². The summed E-state index contributed by atoms with van der Waals surface area (Å²) in [6.07, 6.45) is 2.01. The van der Waals surface area contributed by atoms with Gasteiger partial charge in [0.05, 0.1) is 17.8 Å². The standard InChI is InChI=1S/C14H21ClN4O/c1-4-18-14-13(9(2)17-18)16-12(5-7-15)19(14)11-6-8-20-10(11)3/h10-11H,4-8H2,1-3H3. The van der Waals surface area contributed by atoms with Crippen molar-refractivity contribution in [3.05, 3.63) is 11.5 Å². The zero-order chi connectivity index (χ0) is 14.3. The summed E-state index contributed by atoms with van der Waals surface area (Å²) < 4.78 is 10.1. The molecule has 0 aliphatic carbocycles. The highest BCUT2D eigenvalue weighted by Gasteiger charge is 2.31. The van der Waals surface area contributed by atoms with Gasteiger partial charge in [-0.25, -0.2) is 9.67 Å².